The number of H-pyrrole nitrogens is 1. The minimum absolute atomic E-state index is 0.0112. The van der Waals surface area contributed by atoms with E-state index in [4.69, 9.17) is 0 Å². The Kier molecular flexibility index (Phi) is 4.53. The van der Waals surface area contributed by atoms with Crippen molar-refractivity contribution in [3.63, 3.8) is 0 Å². The van der Waals surface area contributed by atoms with Crippen LogP contribution in [-0.4, -0.2) is 11.7 Å². The third-order valence-electron chi connectivity index (χ3n) is 5.50. The van der Waals surface area contributed by atoms with E-state index in [0.29, 0.717) is 18.4 Å². The van der Waals surface area contributed by atoms with E-state index < -0.39 is 6.04 Å². The van der Waals surface area contributed by atoms with Gasteiger partial charge in [0.15, 0.2) is 18.0 Å². The van der Waals surface area contributed by atoms with Crippen LogP contribution in [-0.2, 0) is 9.59 Å². The number of carbonyl (C=O) groups excluding carboxylic acids is 2. The normalized spacial score (nSPS) is 20.8. The van der Waals surface area contributed by atoms with Gasteiger partial charge in [-0.25, -0.2) is 4.98 Å². The van der Waals surface area contributed by atoms with Gasteiger partial charge in [-0.05, 0) is 24.0 Å². The molecule has 5 heteroatoms. The van der Waals surface area contributed by atoms with Gasteiger partial charge in [-0.3, -0.25) is 14.5 Å². The first-order chi connectivity index (χ1) is 13.4. The Morgan fingerprint density at radius 1 is 1.18 bits per heavy atom. The third-order valence-corrected chi connectivity index (χ3v) is 5.50. The zero-order chi connectivity index (χ0) is 19.9. The minimum atomic E-state index is -0.469. The van der Waals surface area contributed by atoms with Crippen molar-refractivity contribution in [2.75, 3.05) is 10.2 Å². The molecular formula is C23H26N3O2+. The van der Waals surface area contributed by atoms with Gasteiger partial charge in [0.1, 0.15) is 0 Å². The summed E-state index contributed by atoms with van der Waals surface area (Å²) in [6.45, 7) is 6.09. The molecule has 5 nitrogen and oxygen atoms in total. The Morgan fingerprint density at radius 3 is 2.64 bits per heavy atom. The summed E-state index contributed by atoms with van der Waals surface area (Å²) in [4.78, 5) is 31.5. The topological polar surface area (TPSA) is 63.6 Å². The number of rotatable bonds is 2. The number of carbonyl (C=O) groups is 2. The molecule has 1 amide bonds. The molecule has 4 rings (SSSR count). The molecule has 1 unspecified atom stereocenters. The number of nitrogens with zero attached hydrogens (tertiary/aromatic N) is 1. The zero-order valence-corrected chi connectivity index (χ0v) is 16.6. The van der Waals surface area contributed by atoms with Crippen LogP contribution >= 0.6 is 0 Å². The van der Waals surface area contributed by atoms with Crippen LogP contribution in [0.2, 0.25) is 0 Å². The highest BCUT2D eigenvalue weighted by atomic mass is 16.2. The smallest absolute Gasteiger partial charge is 0.227 e. The van der Waals surface area contributed by atoms with E-state index in [2.05, 4.69) is 24.1 Å². The van der Waals surface area contributed by atoms with Gasteiger partial charge < -0.3 is 5.32 Å². The zero-order valence-electron chi connectivity index (χ0n) is 16.6. The first kappa shape index (κ1) is 18.4. The molecule has 0 saturated heterocycles. The van der Waals surface area contributed by atoms with Crippen LogP contribution < -0.4 is 15.2 Å². The van der Waals surface area contributed by atoms with E-state index in [1.54, 1.807) is 4.90 Å². The number of amides is 1. The molecule has 1 atom stereocenters. The average molecular weight is 376 g/mol. The van der Waals surface area contributed by atoms with Gasteiger partial charge in [0.2, 0.25) is 11.6 Å². The van der Waals surface area contributed by atoms with Gasteiger partial charge in [-0.2, -0.15) is 0 Å². The lowest BCUT2D eigenvalue weighted by Crippen LogP contribution is -2.41. The van der Waals surface area contributed by atoms with Crippen molar-refractivity contribution in [3.05, 3.63) is 65.6 Å². The Labute approximate surface area is 165 Å². The number of Topliss-reactive ketones (excluding diaryl/α,β-unsaturated/α-hetero) is 1. The number of anilines is 2. The highest BCUT2D eigenvalue weighted by Gasteiger charge is 2.44. The van der Waals surface area contributed by atoms with Crippen LogP contribution in [0.3, 0.4) is 0 Å². The molecule has 144 valence electrons. The van der Waals surface area contributed by atoms with Gasteiger partial charge in [-0.1, -0.05) is 39.0 Å². The van der Waals surface area contributed by atoms with Crippen molar-refractivity contribution >= 4 is 23.1 Å². The molecular weight excluding hydrogens is 350 g/mol. The predicted molar refractivity (Wildman–Crippen MR) is 109 cm³/mol. The van der Waals surface area contributed by atoms with Crippen LogP contribution in [0.15, 0.2) is 59.9 Å². The summed E-state index contributed by atoms with van der Waals surface area (Å²) in [6, 6.07) is 13.1. The molecule has 2 heterocycles. The van der Waals surface area contributed by atoms with Crippen LogP contribution in [0, 0.1) is 5.41 Å². The third kappa shape index (κ3) is 3.11. The monoisotopic (exact) mass is 376 g/mol. The van der Waals surface area contributed by atoms with E-state index >= 15 is 0 Å². The number of nitrogens with one attached hydrogen (secondary N) is 2. The molecule has 0 spiro atoms. The van der Waals surface area contributed by atoms with Crippen LogP contribution in [0.5, 0.6) is 0 Å². The van der Waals surface area contributed by atoms with Crippen LogP contribution in [0.1, 0.15) is 51.8 Å². The summed E-state index contributed by atoms with van der Waals surface area (Å²) in [5, 5.41) is 3.51. The van der Waals surface area contributed by atoms with Crippen LogP contribution in [0.4, 0.5) is 11.4 Å². The first-order valence-corrected chi connectivity index (χ1v) is 9.82. The number of fused-ring (bicyclic) bond motifs is 1. The van der Waals surface area contributed by atoms with Crippen molar-refractivity contribution in [1.29, 1.82) is 0 Å². The maximum Gasteiger partial charge on any atom is 0.227 e. The molecule has 1 aromatic carbocycles. The van der Waals surface area contributed by atoms with Crippen molar-refractivity contribution in [1.82, 2.24) is 0 Å². The maximum absolute atomic E-state index is 13.3. The molecule has 0 fully saturated rings. The summed E-state index contributed by atoms with van der Waals surface area (Å²) < 4.78 is 0. The van der Waals surface area contributed by atoms with Gasteiger partial charge in [-0.15, -0.1) is 0 Å². The molecule has 1 aromatic heterocycles. The Balaban J connectivity index is 2.01. The molecule has 1 aliphatic carbocycles. The number of hydrogen-bond donors (Lipinski definition) is 1. The summed E-state index contributed by atoms with van der Waals surface area (Å²) in [5.41, 5.74) is 4.00. The van der Waals surface area contributed by atoms with Crippen molar-refractivity contribution in [2.24, 2.45) is 5.41 Å². The van der Waals surface area contributed by atoms with E-state index in [1.165, 1.54) is 0 Å². The number of hydrogen-bond acceptors (Lipinski definition) is 3. The second kappa shape index (κ2) is 6.89. The maximum atomic E-state index is 13.3. The van der Waals surface area contributed by atoms with Gasteiger partial charge in [0, 0.05) is 36.2 Å². The Morgan fingerprint density at radius 2 is 1.93 bits per heavy atom. The van der Waals surface area contributed by atoms with Crippen molar-refractivity contribution in [2.45, 2.75) is 46.1 Å². The second-order valence-electron chi connectivity index (χ2n) is 8.31. The van der Waals surface area contributed by atoms with Crippen LogP contribution in [0.25, 0.3) is 0 Å². The van der Waals surface area contributed by atoms with E-state index in [0.717, 1.165) is 29.2 Å². The number of benzene rings is 1. The highest BCUT2D eigenvalue weighted by Crippen LogP contribution is 2.47. The summed E-state index contributed by atoms with van der Waals surface area (Å²) in [5.74, 6) is 0.0885. The highest BCUT2D eigenvalue weighted by molar-refractivity contribution is 6.06. The molecule has 0 bridgehead atoms. The fraction of sp³-hybridized carbons (Fsp3) is 0.348. The lowest BCUT2D eigenvalue weighted by Gasteiger charge is -2.35. The standard InChI is InChI=1S/C23H25N3O2/c1-4-20(28)26-18-11-6-5-9-15(18)25-17-13-23(2,3)14-19(27)21(17)22(26)16-10-7-8-12-24-16/h5-12,22,25H,4,13-14H2,1-3H3/p+1. The predicted octanol–water partition coefficient (Wildman–Crippen LogP) is 4.05. The number of para-hydroxylation sites is 2. The quantitative estimate of drug-likeness (QED) is 0.860. The summed E-state index contributed by atoms with van der Waals surface area (Å²) in [6.07, 6.45) is 3.44. The number of ketones is 1. The number of aromatic nitrogens is 1. The number of aromatic amines is 1. The van der Waals surface area contributed by atoms with Crippen molar-refractivity contribution in [3.8, 4) is 0 Å². The van der Waals surface area contributed by atoms with E-state index in [-0.39, 0.29) is 17.1 Å². The summed E-state index contributed by atoms with van der Waals surface area (Å²) >= 11 is 0. The SMILES string of the molecule is CCC(=O)N1c2ccccc2NC2=C(C(=O)CC(C)(C)C2)C1c1cccc[nH+]1. The number of allylic oxidation sites excluding steroid dienone is 1. The Bertz CT molecular complexity index is 963. The van der Waals surface area contributed by atoms with Gasteiger partial charge in [0.05, 0.1) is 11.4 Å². The molecule has 0 saturated carbocycles. The minimum Gasteiger partial charge on any atom is -0.357 e. The van der Waals surface area contributed by atoms with Crippen molar-refractivity contribution < 1.29 is 14.6 Å². The largest absolute Gasteiger partial charge is 0.357 e. The van der Waals surface area contributed by atoms with E-state index in [9.17, 15) is 9.59 Å². The molecule has 1 aliphatic heterocycles. The lowest BCUT2D eigenvalue weighted by atomic mass is 9.73. The molecule has 0 radical (unpaired) electrons. The molecule has 2 aliphatic rings. The second-order valence-corrected chi connectivity index (χ2v) is 8.31. The lowest BCUT2D eigenvalue weighted by molar-refractivity contribution is -0.391. The fourth-order valence-electron chi connectivity index (χ4n) is 4.30. The fourth-order valence-corrected chi connectivity index (χ4v) is 4.30. The van der Waals surface area contributed by atoms with E-state index in [1.807, 2.05) is 55.6 Å². The molecule has 2 aromatic rings. The van der Waals surface area contributed by atoms with Gasteiger partial charge >= 0.3 is 0 Å². The Hall–Kier alpha value is -2.95. The average Bonchev–Trinajstić information content (AvgIpc) is 2.81. The molecule has 2 N–H and O–H groups in total. The number of pyridine rings is 1. The first-order valence-electron chi connectivity index (χ1n) is 9.82. The summed E-state index contributed by atoms with van der Waals surface area (Å²) in [7, 11) is 0. The molecule has 28 heavy (non-hydrogen) atoms. The van der Waals surface area contributed by atoms with Gasteiger partial charge in [0.25, 0.3) is 0 Å².